The van der Waals surface area contributed by atoms with Gasteiger partial charge >= 0.3 is 12.1 Å². The van der Waals surface area contributed by atoms with E-state index in [0.29, 0.717) is 13.0 Å². The Kier molecular flexibility index (Phi) is 9.12. The summed E-state index contributed by atoms with van der Waals surface area (Å²) in [5.41, 5.74) is -1.38. The zero-order valence-electron chi connectivity index (χ0n) is 19.7. The molecule has 0 unspecified atom stereocenters. The number of nitrogens with one attached hydrogen (secondary N) is 1. The van der Waals surface area contributed by atoms with Crippen LogP contribution in [0.3, 0.4) is 0 Å². The maximum absolute atomic E-state index is 13.5. The van der Waals surface area contributed by atoms with Crippen molar-refractivity contribution in [1.29, 1.82) is 0 Å². The number of nitrogens with zero attached hydrogens (tertiary/aromatic N) is 1. The van der Waals surface area contributed by atoms with Crippen LogP contribution in [0.2, 0.25) is 0 Å². The molecule has 0 aromatic heterocycles. The Morgan fingerprint density at radius 1 is 1.29 bits per heavy atom. The van der Waals surface area contributed by atoms with Gasteiger partial charge in [-0.2, -0.15) is 0 Å². The summed E-state index contributed by atoms with van der Waals surface area (Å²) in [5, 5.41) is 2.60. The Hall–Kier alpha value is -2.53. The molecule has 4 atom stereocenters. The third kappa shape index (κ3) is 7.00. The van der Waals surface area contributed by atoms with Crippen molar-refractivity contribution in [3.63, 3.8) is 0 Å². The van der Waals surface area contributed by atoms with Gasteiger partial charge in [-0.25, -0.2) is 9.59 Å². The molecule has 1 aliphatic rings. The smallest absolute Gasteiger partial charge is 0.408 e. The number of terminal acetylenes is 1. The summed E-state index contributed by atoms with van der Waals surface area (Å²) in [4.78, 5) is 40.0. The van der Waals surface area contributed by atoms with Crippen molar-refractivity contribution in [2.45, 2.75) is 71.8 Å². The standard InChI is InChI=1S/C23H36N2O6/c1-10-14-30-15(3)17(24-21(28)31-22(4,5)6)19(26)25-13-12-16(23(7,8)11-2)18(25)20(27)29-9/h2,10,15-18H,1,12-14H2,3-9H3,(H,24,28)/t15-,16-,17-,18-/m0/s1. The molecule has 1 heterocycles. The molecular formula is C23H36N2O6. The molecule has 31 heavy (non-hydrogen) atoms. The lowest BCUT2D eigenvalue weighted by Crippen LogP contribution is -2.58. The zero-order valence-corrected chi connectivity index (χ0v) is 19.7. The number of hydrogen-bond donors (Lipinski definition) is 1. The second kappa shape index (κ2) is 10.7. The first-order chi connectivity index (χ1) is 14.3. The molecule has 0 saturated carbocycles. The van der Waals surface area contributed by atoms with E-state index in [2.05, 4.69) is 17.8 Å². The van der Waals surface area contributed by atoms with E-state index in [0.717, 1.165) is 0 Å². The minimum atomic E-state index is -1.07. The third-order valence-electron chi connectivity index (χ3n) is 5.31. The molecule has 2 amide bonds. The van der Waals surface area contributed by atoms with Gasteiger partial charge in [0.05, 0.1) is 19.8 Å². The minimum Gasteiger partial charge on any atom is -0.467 e. The number of ether oxygens (including phenoxy) is 3. The second-order valence-corrected chi connectivity index (χ2v) is 9.21. The Bertz CT molecular complexity index is 719. The third-order valence-corrected chi connectivity index (χ3v) is 5.31. The van der Waals surface area contributed by atoms with Gasteiger partial charge in [-0.3, -0.25) is 4.79 Å². The van der Waals surface area contributed by atoms with Crippen molar-refractivity contribution in [3.8, 4) is 12.3 Å². The lowest BCUT2D eigenvalue weighted by molar-refractivity contribution is -0.155. The van der Waals surface area contributed by atoms with Crippen LogP contribution in [0.4, 0.5) is 4.79 Å². The monoisotopic (exact) mass is 436 g/mol. The largest absolute Gasteiger partial charge is 0.467 e. The van der Waals surface area contributed by atoms with Gasteiger partial charge in [-0.05, 0) is 48.0 Å². The van der Waals surface area contributed by atoms with Crippen LogP contribution >= 0.6 is 0 Å². The molecule has 0 bridgehead atoms. The predicted molar refractivity (Wildman–Crippen MR) is 117 cm³/mol. The summed E-state index contributed by atoms with van der Waals surface area (Å²) < 4.78 is 15.9. The van der Waals surface area contributed by atoms with E-state index in [1.54, 1.807) is 33.8 Å². The summed E-state index contributed by atoms with van der Waals surface area (Å²) >= 11 is 0. The van der Waals surface area contributed by atoms with Crippen LogP contribution in [0.1, 0.15) is 48.0 Å². The topological polar surface area (TPSA) is 94.2 Å². The Labute approximate surface area is 185 Å². The van der Waals surface area contributed by atoms with Gasteiger partial charge in [0, 0.05) is 17.9 Å². The van der Waals surface area contributed by atoms with Crippen LogP contribution in [0.25, 0.3) is 0 Å². The summed E-state index contributed by atoms with van der Waals surface area (Å²) in [6.07, 6.45) is 6.31. The molecule has 0 aromatic carbocycles. The van der Waals surface area contributed by atoms with Crippen molar-refractivity contribution in [2.75, 3.05) is 20.3 Å². The van der Waals surface area contributed by atoms with Crippen LogP contribution in [0, 0.1) is 23.7 Å². The maximum Gasteiger partial charge on any atom is 0.408 e. The minimum absolute atomic E-state index is 0.189. The molecule has 1 N–H and O–H groups in total. The number of rotatable bonds is 8. The average molecular weight is 437 g/mol. The molecule has 0 radical (unpaired) electrons. The van der Waals surface area contributed by atoms with Gasteiger partial charge in [0.25, 0.3) is 0 Å². The second-order valence-electron chi connectivity index (χ2n) is 9.21. The van der Waals surface area contributed by atoms with E-state index < -0.39 is 47.2 Å². The maximum atomic E-state index is 13.5. The van der Waals surface area contributed by atoms with Crippen LogP contribution in [0.15, 0.2) is 12.7 Å². The van der Waals surface area contributed by atoms with Gasteiger partial charge in [-0.1, -0.05) is 6.08 Å². The van der Waals surface area contributed by atoms with Gasteiger partial charge in [0.1, 0.15) is 17.7 Å². The Morgan fingerprint density at radius 2 is 1.90 bits per heavy atom. The van der Waals surface area contributed by atoms with Crippen LogP contribution in [-0.4, -0.2) is 66.9 Å². The van der Waals surface area contributed by atoms with Crippen LogP contribution in [0.5, 0.6) is 0 Å². The van der Waals surface area contributed by atoms with E-state index in [9.17, 15) is 14.4 Å². The van der Waals surface area contributed by atoms with Crippen LogP contribution in [-0.2, 0) is 23.8 Å². The average Bonchev–Trinajstić information content (AvgIpc) is 3.13. The molecule has 0 spiro atoms. The van der Waals surface area contributed by atoms with Gasteiger partial charge in [0.2, 0.25) is 5.91 Å². The van der Waals surface area contributed by atoms with Gasteiger partial charge < -0.3 is 24.4 Å². The number of methoxy groups -OCH3 is 1. The van der Waals surface area contributed by atoms with Crippen molar-refractivity contribution < 1.29 is 28.6 Å². The molecule has 1 rings (SSSR count). The van der Waals surface area contributed by atoms with Crippen molar-refractivity contribution >= 4 is 18.0 Å². The van der Waals surface area contributed by atoms with Crippen molar-refractivity contribution in [1.82, 2.24) is 10.2 Å². The van der Waals surface area contributed by atoms with E-state index in [-0.39, 0.29) is 12.5 Å². The number of alkyl carbamates (subject to hydrolysis) is 1. The number of likely N-dealkylation sites (tertiary alicyclic amines) is 1. The molecule has 1 aliphatic heterocycles. The number of carbonyl (C=O) groups excluding carboxylic acids is 3. The first-order valence-corrected chi connectivity index (χ1v) is 10.4. The highest BCUT2D eigenvalue weighted by Crippen LogP contribution is 2.39. The quantitative estimate of drug-likeness (QED) is 0.357. The number of hydrogen-bond acceptors (Lipinski definition) is 6. The Morgan fingerprint density at radius 3 is 2.39 bits per heavy atom. The molecule has 1 fully saturated rings. The summed E-state index contributed by atoms with van der Waals surface area (Å²) in [7, 11) is 1.27. The first-order valence-electron chi connectivity index (χ1n) is 10.4. The number of esters is 1. The van der Waals surface area contributed by atoms with Gasteiger partial charge in [0.15, 0.2) is 0 Å². The predicted octanol–water partition coefficient (Wildman–Crippen LogP) is 2.52. The molecule has 1 saturated heterocycles. The molecule has 0 aliphatic carbocycles. The van der Waals surface area contributed by atoms with E-state index >= 15 is 0 Å². The Balaban J connectivity index is 3.23. The van der Waals surface area contributed by atoms with E-state index in [4.69, 9.17) is 20.6 Å². The molecule has 8 nitrogen and oxygen atoms in total. The van der Waals surface area contributed by atoms with Crippen molar-refractivity contribution in [2.24, 2.45) is 11.3 Å². The highest BCUT2D eigenvalue weighted by Gasteiger charge is 2.50. The highest BCUT2D eigenvalue weighted by atomic mass is 16.6. The van der Waals surface area contributed by atoms with E-state index in [1.807, 2.05) is 13.8 Å². The summed E-state index contributed by atoms with van der Waals surface area (Å²) in [5.74, 6) is 1.42. The SMILES string of the molecule is C#CC(C)(C)[C@H]1CCN(C(=O)[C@@H](NC(=O)OC(C)(C)C)[C@H](C)OCC=C)[C@@H]1C(=O)OC. The lowest BCUT2D eigenvalue weighted by atomic mass is 9.75. The molecule has 0 aromatic rings. The molecule has 174 valence electrons. The fourth-order valence-corrected chi connectivity index (χ4v) is 3.62. The van der Waals surface area contributed by atoms with Crippen molar-refractivity contribution in [3.05, 3.63) is 12.7 Å². The fourth-order valence-electron chi connectivity index (χ4n) is 3.62. The molecule has 8 heteroatoms. The van der Waals surface area contributed by atoms with Crippen LogP contribution < -0.4 is 5.32 Å². The highest BCUT2D eigenvalue weighted by molar-refractivity contribution is 5.91. The number of carbonyl (C=O) groups is 3. The fraction of sp³-hybridized carbons (Fsp3) is 0.696. The number of amides is 2. The van der Waals surface area contributed by atoms with E-state index in [1.165, 1.54) is 12.0 Å². The lowest BCUT2D eigenvalue weighted by Gasteiger charge is -2.35. The first kappa shape index (κ1) is 26.5. The zero-order chi connectivity index (χ0) is 24.0. The summed E-state index contributed by atoms with van der Waals surface area (Å²) in [6.45, 7) is 14.6. The van der Waals surface area contributed by atoms with Gasteiger partial charge in [-0.15, -0.1) is 18.9 Å². The normalized spacial score (nSPS) is 20.9. The summed E-state index contributed by atoms with van der Waals surface area (Å²) in [6, 6.07) is -1.94. The molecular weight excluding hydrogens is 400 g/mol.